The lowest BCUT2D eigenvalue weighted by atomic mass is 9.98. The fourth-order valence-corrected chi connectivity index (χ4v) is 4.44. The van der Waals surface area contributed by atoms with Gasteiger partial charge in [-0.2, -0.15) is 0 Å². The molecule has 4 rings (SSSR count). The number of cyclic esters (lactones) is 1. The molecule has 1 fully saturated rings. The number of nitrogens with zero attached hydrogens (tertiary/aromatic N) is 3. The maximum Gasteiger partial charge on any atom is 0.414 e. The third-order valence-electron chi connectivity index (χ3n) is 5.53. The van der Waals surface area contributed by atoms with Crippen LogP contribution < -0.4 is 9.64 Å². The SMILES string of the molecule is O=C([C@H](O)CP(=O)(O)O)N1CC=C(c2ccc(N3C[C@H](COc4ccon4)OC3=O)cc2F)CC1. The van der Waals surface area contributed by atoms with Gasteiger partial charge in [0.2, 0.25) is 0 Å². The van der Waals surface area contributed by atoms with Crippen LogP contribution in [0.15, 0.2) is 41.1 Å². The molecule has 0 saturated carbocycles. The smallest absolute Gasteiger partial charge is 0.414 e. The first-order valence-corrected chi connectivity index (χ1v) is 12.4. The van der Waals surface area contributed by atoms with E-state index in [0.29, 0.717) is 16.8 Å². The van der Waals surface area contributed by atoms with Crippen LogP contribution in [0.5, 0.6) is 5.88 Å². The second-order valence-electron chi connectivity index (χ2n) is 8.06. The fraction of sp³-hybridized carbons (Fsp3) is 0.381. The first kappa shape index (κ1) is 24.9. The summed E-state index contributed by atoms with van der Waals surface area (Å²) in [6, 6.07) is 5.85. The summed E-state index contributed by atoms with van der Waals surface area (Å²) in [5.74, 6) is -1.11. The van der Waals surface area contributed by atoms with Gasteiger partial charge in [0.15, 0.2) is 6.10 Å². The molecule has 0 spiro atoms. The van der Waals surface area contributed by atoms with E-state index in [9.17, 15) is 23.7 Å². The summed E-state index contributed by atoms with van der Waals surface area (Å²) in [4.78, 5) is 44.9. The topological polar surface area (TPSA) is 163 Å². The summed E-state index contributed by atoms with van der Waals surface area (Å²) in [5.41, 5.74) is 1.24. The highest BCUT2D eigenvalue weighted by Crippen LogP contribution is 2.35. The van der Waals surface area contributed by atoms with E-state index >= 15 is 0 Å². The van der Waals surface area contributed by atoms with Crippen LogP contribution in [0.2, 0.25) is 0 Å². The monoisotopic (exact) mass is 511 g/mol. The molecule has 0 bridgehead atoms. The molecule has 3 N–H and O–H groups in total. The van der Waals surface area contributed by atoms with Gasteiger partial charge >= 0.3 is 13.7 Å². The molecule has 2 aliphatic heterocycles. The van der Waals surface area contributed by atoms with Crippen molar-refractivity contribution in [3.63, 3.8) is 0 Å². The Bertz CT molecular complexity index is 1170. The van der Waals surface area contributed by atoms with Crippen molar-refractivity contribution in [3.8, 4) is 5.88 Å². The van der Waals surface area contributed by atoms with E-state index in [1.54, 1.807) is 12.1 Å². The minimum Gasteiger partial charge on any atom is -0.471 e. The number of aliphatic hydroxyl groups excluding tert-OH is 1. The number of halogens is 1. The molecular weight excluding hydrogens is 488 g/mol. The Kier molecular flexibility index (Phi) is 7.22. The van der Waals surface area contributed by atoms with Gasteiger partial charge in [0.25, 0.3) is 11.8 Å². The number of aromatic nitrogens is 1. The Morgan fingerprint density at radius 2 is 2.14 bits per heavy atom. The quantitative estimate of drug-likeness (QED) is 0.441. The van der Waals surface area contributed by atoms with Crippen molar-refractivity contribution in [1.82, 2.24) is 10.1 Å². The van der Waals surface area contributed by atoms with E-state index in [1.165, 1.54) is 34.3 Å². The maximum absolute atomic E-state index is 14.9. The van der Waals surface area contributed by atoms with Crippen LogP contribution in [0.3, 0.4) is 0 Å². The van der Waals surface area contributed by atoms with Crippen LogP contribution in [0.4, 0.5) is 14.9 Å². The average molecular weight is 511 g/mol. The lowest BCUT2D eigenvalue weighted by Gasteiger charge is -2.28. The molecule has 2 amide bonds. The summed E-state index contributed by atoms with van der Waals surface area (Å²) >= 11 is 0. The summed E-state index contributed by atoms with van der Waals surface area (Å²) in [5, 5.41) is 13.4. The van der Waals surface area contributed by atoms with Gasteiger partial charge in [0.05, 0.1) is 18.4 Å². The molecule has 0 aliphatic carbocycles. The number of ether oxygens (including phenoxy) is 2. The number of carbonyl (C=O) groups is 2. The van der Waals surface area contributed by atoms with Crippen molar-refractivity contribution >= 4 is 30.9 Å². The van der Waals surface area contributed by atoms with Crippen LogP contribution in [0.1, 0.15) is 12.0 Å². The van der Waals surface area contributed by atoms with Gasteiger partial charge in [-0.25, -0.2) is 9.18 Å². The minimum atomic E-state index is -4.54. The number of aliphatic hydroxyl groups is 1. The molecule has 12 nitrogen and oxygen atoms in total. The molecule has 2 atom stereocenters. The van der Waals surface area contributed by atoms with E-state index in [-0.39, 0.29) is 38.5 Å². The number of anilines is 1. The first-order chi connectivity index (χ1) is 16.6. The lowest BCUT2D eigenvalue weighted by molar-refractivity contribution is -0.138. The highest BCUT2D eigenvalue weighted by Gasteiger charge is 2.34. The predicted octanol–water partition coefficient (Wildman–Crippen LogP) is 1.37. The predicted molar refractivity (Wildman–Crippen MR) is 118 cm³/mol. The highest BCUT2D eigenvalue weighted by atomic mass is 31.2. The van der Waals surface area contributed by atoms with Gasteiger partial charge in [-0.05, 0) is 35.3 Å². The van der Waals surface area contributed by atoms with E-state index in [4.69, 9.17) is 19.3 Å². The molecule has 1 saturated heterocycles. The van der Waals surface area contributed by atoms with Crippen molar-refractivity contribution in [2.24, 2.45) is 0 Å². The fourth-order valence-electron chi connectivity index (χ4n) is 3.83. The molecule has 2 aromatic rings. The van der Waals surface area contributed by atoms with Crippen LogP contribution in [-0.4, -0.2) is 81.6 Å². The molecule has 2 aliphatic rings. The zero-order valence-corrected chi connectivity index (χ0v) is 19.2. The summed E-state index contributed by atoms with van der Waals surface area (Å²) < 4.78 is 41.3. The summed E-state index contributed by atoms with van der Waals surface area (Å²) in [6.07, 6.45) is -0.741. The molecule has 1 aromatic carbocycles. The standard InChI is InChI=1S/C21H23FN3O9P/c22-17-9-14(25-10-15(34-21(25)28)11-32-19-5-8-33-23-19)1-2-16(17)13-3-6-24(7-4-13)20(27)18(26)12-35(29,30)31/h1-3,5,8-9,15,18,26H,4,6-7,10-12H2,(H2,29,30,31)/t15-,18-/m1/s1. The molecule has 0 radical (unpaired) electrons. The molecule has 14 heteroatoms. The maximum atomic E-state index is 14.9. The zero-order chi connectivity index (χ0) is 25.2. The van der Waals surface area contributed by atoms with Crippen LogP contribution >= 0.6 is 7.60 Å². The number of hydrogen-bond donors (Lipinski definition) is 3. The second-order valence-corrected chi connectivity index (χ2v) is 9.75. The average Bonchev–Trinajstić information content (AvgIpc) is 3.45. The normalized spacial score (nSPS) is 19.4. The van der Waals surface area contributed by atoms with Gasteiger partial charge in [-0.3, -0.25) is 14.3 Å². The molecule has 3 heterocycles. The number of hydrogen-bond acceptors (Lipinski definition) is 8. The highest BCUT2D eigenvalue weighted by molar-refractivity contribution is 7.51. The van der Waals surface area contributed by atoms with E-state index < -0.39 is 43.8 Å². The van der Waals surface area contributed by atoms with Crippen LogP contribution in [0.25, 0.3) is 5.57 Å². The minimum absolute atomic E-state index is 0.0548. The van der Waals surface area contributed by atoms with Crippen molar-refractivity contribution in [3.05, 3.63) is 48.0 Å². The molecule has 1 aromatic heterocycles. The van der Waals surface area contributed by atoms with Gasteiger partial charge < -0.3 is 33.8 Å². The number of carbonyl (C=O) groups excluding carboxylic acids is 2. The Morgan fingerprint density at radius 3 is 2.77 bits per heavy atom. The van der Waals surface area contributed by atoms with Crippen molar-refractivity contribution in [2.45, 2.75) is 18.6 Å². The van der Waals surface area contributed by atoms with Crippen molar-refractivity contribution < 1.29 is 47.4 Å². The van der Waals surface area contributed by atoms with Crippen LogP contribution in [0, 0.1) is 5.82 Å². The van der Waals surface area contributed by atoms with Crippen molar-refractivity contribution in [1.29, 1.82) is 0 Å². The first-order valence-electron chi connectivity index (χ1n) is 10.6. The van der Waals surface area contributed by atoms with Gasteiger partial charge in [-0.1, -0.05) is 6.08 Å². The Labute approximate surface area is 198 Å². The Morgan fingerprint density at radius 1 is 1.34 bits per heavy atom. The van der Waals surface area contributed by atoms with Crippen LogP contribution in [-0.2, 0) is 14.1 Å². The third kappa shape index (κ3) is 6.06. The van der Waals surface area contributed by atoms with E-state index in [1.807, 2.05) is 0 Å². The van der Waals surface area contributed by atoms with Gasteiger partial charge in [0, 0.05) is 24.7 Å². The number of amides is 2. The van der Waals surface area contributed by atoms with Gasteiger partial charge in [-0.15, -0.1) is 0 Å². The molecular formula is C21H23FN3O9P. The number of benzene rings is 1. The van der Waals surface area contributed by atoms with Gasteiger partial charge in [0.1, 0.15) is 24.8 Å². The van der Waals surface area contributed by atoms with E-state index in [2.05, 4.69) is 9.68 Å². The second kappa shape index (κ2) is 10.2. The van der Waals surface area contributed by atoms with E-state index in [0.717, 1.165) is 0 Å². The Hall–Kier alpha value is -3.25. The molecule has 35 heavy (non-hydrogen) atoms. The third-order valence-corrected chi connectivity index (χ3v) is 6.35. The summed E-state index contributed by atoms with van der Waals surface area (Å²) in [6.45, 7) is 0.418. The summed E-state index contributed by atoms with van der Waals surface area (Å²) in [7, 11) is -4.54. The Balaban J connectivity index is 1.37. The van der Waals surface area contributed by atoms with Crippen molar-refractivity contribution in [2.75, 3.05) is 37.3 Å². The lowest BCUT2D eigenvalue weighted by Crippen LogP contribution is -2.42. The largest absolute Gasteiger partial charge is 0.471 e. The number of rotatable bonds is 8. The zero-order valence-electron chi connectivity index (χ0n) is 18.3. The molecule has 188 valence electrons. The molecule has 0 unspecified atom stereocenters.